The van der Waals surface area contributed by atoms with Gasteiger partial charge in [0.15, 0.2) is 0 Å². The molecule has 6 nitrogen and oxygen atoms in total. The van der Waals surface area contributed by atoms with Gasteiger partial charge in [-0.15, -0.1) is 0 Å². The molecule has 2 unspecified atom stereocenters. The maximum atomic E-state index is 12.2. The van der Waals surface area contributed by atoms with Gasteiger partial charge in [0.25, 0.3) is 0 Å². The number of nitrogens with one attached hydrogen (secondary N) is 1. The molecule has 2 atom stereocenters. The van der Waals surface area contributed by atoms with Crippen molar-refractivity contribution in [2.45, 2.75) is 19.1 Å². The van der Waals surface area contributed by atoms with Gasteiger partial charge in [0.2, 0.25) is 11.8 Å². The van der Waals surface area contributed by atoms with Gasteiger partial charge >= 0.3 is 0 Å². The fraction of sp³-hybridized carbons (Fsp3) is 0.375. The van der Waals surface area contributed by atoms with Crippen molar-refractivity contribution in [1.82, 2.24) is 10.2 Å². The molecular weight excluding hydrogens is 316 g/mol. The molecule has 23 heavy (non-hydrogen) atoms. The Morgan fingerprint density at radius 3 is 3.09 bits per heavy atom. The molecule has 3 heterocycles. The van der Waals surface area contributed by atoms with E-state index in [2.05, 4.69) is 5.32 Å². The van der Waals surface area contributed by atoms with Gasteiger partial charge in [-0.25, -0.2) is 0 Å². The molecule has 0 radical (unpaired) electrons. The summed E-state index contributed by atoms with van der Waals surface area (Å²) in [6.45, 7) is 0.908. The van der Waals surface area contributed by atoms with E-state index < -0.39 is 6.10 Å². The second kappa shape index (κ2) is 6.97. The SMILES string of the molecule is O=C(NCC(O)c1ccsc1)C1CC(=O)N(Cc2ccco2)C1. The predicted octanol–water partition coefficient (Wildman–Crippen LogP) is 1.54. The summed E-state index contributed by atoms with van der Waals surface area (Å²) >= 11 is 1.50. The number of thiophene rings is 1. The van der Waals surface area contributed by atoms with Crippen molar-refractivity contribution < 1.29 is 19.1 Å². The van der Waals surface area contributed by atoms with Gasteiger partial charge in [-0.05, 0) is 34.5 Å². The summed E-state index contributed by atoms with van der Waals surface area (Å²) in [5, 5.41) is 16.4. The van der Waals surface area contributed by atoms with E-state index in [0.717, 1.165) is 5.56 Å². The molecule has 1 aliphatic rings. The lowest BCUT2D eigenvalue weighted by atomic mass is 10.1. The first kappa shape index (κ1) is 15.8. The molecule has 122 valence electrons. The summed E-state index contributed by atoms with van der Waals surface area (Å²) in [6.07, 6.45) is 1.04. The highest BCUT2D eigenvalue weighted by Gasteiger charge is 2.34. The number of nitrogens with zero attached hydrogens (tertiary/aromatic N) is 1. The molecule has 0 aliphatic carbocycles. The van der Waals surface area contributed by atoms with Crippen molar-refractivity contribution in [1.29, 1.82) is 0 Å². The smallest absolute Gasteiger partial charge is 0.225 e. The summed E-state index contributed by atoms with van der Waals surface area (Å²) in [7, 11) is 0. The Balaban J connectivity index is 1.49. The van der Waals surface area contributed by atoms with Gasteiger partial charge in [0.05, 0.1) is 24.8 Å². The molecule has 0 bridgehead atoms. The average Bonchev–Trinajstić information content (AvgIpc) is 3.27. The van der Waals surface area contributed by atoms with Gasteiger partial charge in [0.1, 0.15) is 5.76 Å². The Bertz CT molecular complexity index is 654. The van der Waals surface area contributed by atoms with Crippen LogP contribution < -0.4 is 5.32 Å². The lowest BCUT2D eigenvalue weighted by molar-refractivity contribution is -0.129. The molecule has 0 spiro atoms. The summed E-state index contributed by atoms with van der Waals surface area (Å²) in [5.74, 6) is 0.0638. The van der Waals surface area contributed by atoms with Crippen LogP contribution in [0.4, 0.5) is 0 Å². The molecule has 0 saturated carbocycles. The molecule has 2 N–H and O–H groups in total. The van der Waals surface area contributed by atoms with E-state index in [0.29, 0.717) is 18.8 Å². The van der Waals surface area contributed by atoms with Crippen LogP contribution in [-0.2, 0) is 16.1 Å². The number of aliphatic hydroxyl groups is 1. The van der Waals surface area contributed by atoms with Crippen molar-refractivity contribution in [3.63, 3.8) is 0 Å². The fourth-order valence-corrected chi connectivity index (χ4v) is 3.32. The van der Waals surface area contributed by atoms with E-state index in [9.17, 15) is 14.7 Å². The standard InChI is InChI=1S/C16H18N2O4S/c19-14(11-3-5-23-10-11)7-17-16(21)12-6-15(20)18(8-12)9-13-2-1-4-22-13/h1-5,10,12,14,19H,6-9H2,(H,17,21). The average molecular weight is 334 g/mol. The third-order valence-electron chi connectivity index (χ3n) is 3.91. The van der Waals surface area contributed by atoms with E-state index in [1.165, 1.54) is 11.3 Å². The van der Waals surface area contributed by atoms with Crippen LogP contribution in [0.15, 0.2) is 39.6 Å². The Morgan fingerprint density at radius 1 is 1.52 bits per heavy atom. The normalized spacial score (nSPS) is 19.1. The molecule has 1 saturated heterocycles. The zero-order valence-corrected chi connectivity index (χ0v) is 13.3. The van der Waals surface area contributed by atoms with Crippen LogP contribution in [0.3, 0.4) is 0 Å². The molecule has 1 aliphatic heterocycles. The predicted molar refractivity (Wildman–Crippen MR) is 84.5 cm³/mol. The van der Waals surface area contributed by atoms with Crippen LogP contribution in [0, 0.1) is 5.92 Å². The number of carbonyl (C=O) groups is 2. The monoisotopic (exact) mass is 334 g/mol. The second-order valence-electron chi connectivity index (χ2n) is 5.57. The first-order valence-electron chi connectivity index (χ1n) is 7.41. The topological polar surface area (TPSA) is 82.8 Å². The summed E-state index contributed by atoms with van der Waals surface area (Å²) in [4.78, 5) is 25.8. The van der Waals surface area contributed by atoms with Crippen LogP contribution in [0.2, 0.25) is 0 Å². The minimum Gasteiger partial charge on any atom is -0.467 e. The maximum Gasteiger partial charge on any atom is 0.225 e. The minimum absolute atomic E-state index is 0.0556. The lowest BCUT2D eigenvalue weighted by Gasteiger charge is -2.16. The molecule has 2 aromatic rings. The maximum absolute atomic E-state index is 12.2. The Kier molecular flexibility index (Phi) is 4.78. The number of amides is 2. The van der Waals surface area contributed by atoms with E-state index in [-0.39, 0.29) is 30.7 Å². The van der Waals surface area contributed by atoms with Crippen molar-refractivity contribution in [3.05, 3.63) is 46.5 Å². The second-order valence-corrected chi connectivity index (χ2v) is 6.35. The Hall–Kier alpha value is -2.12. The number of hydrogen-bond acceptors (Lipinski definition) is 5. The number of hydrogen-bond donors (Lipinski definition) is 2. The summed E-state index contributed by atoms with van der Waals surface area (Å²) in [6, 6.07) is 5.40. The van der Waals surface area contributed by atoms with Gasteiger partial charge in [-0.2, -0.15) is 11.3 Å². The van der Waals surface area contributed by atoms with Crippen molar-refractivity contribution in [2.24, 2.45) is 5.92 Å². The van der Waals surface area contributed by atoms with Crippen molar-refractivity contribution in [3.8, 4) is 0 Å². The molecule has 2 aromatic heterocycles. The highest BCUT2D eigenvalue weighted by molar-refractivity contribution is 7.07. The fourth-order valence-electron chi connectivity index (χ4n) is 2.62. The van der Waals surface area contributed by atoms with Crippen LogP contribution in [-0.4, -0.2) is 34.9 Å². The van der Waals surface area contributed by atoms with Crippen LogP contribution in [0.1, 0.15) is 23.8 Å². The number of likely N-dealkylation sites (tertiary alicyclic amines) is 1. The first-order valence-corrected chi connectivity index (χ1v) is 8.36. The zero-order valence-electron chi connectivity index (χ0n) is 12.5. The van der Waals surface area contributed by atoms with E-state index in [1.54, 1.807) is 23.3 Å². The lowest BCUT2D eigenvalue weighted by Crippen LogP contribution is -2.35. The van der Waals surface area contributed by atoms with Gasteiger partial charge < -0.3 is 19.7 Å². The molecular formula is C16H18N2O4S. The van der Waals surface area contributed by atoms with Crippen molar-refractivity contribution in [2.75, 3.05) is 13.1 Å². The highest BCUT2D eigenvalue weighted by atomic mass is 32.1. The number of aliphatic hydroxyl groups excluding tert-OH is 1. The highest BCUT2D eigenvalue weighted by Crippen LogP contribution is 2.21. The quantitative estimate of drug-likeness (QED) is 0.839. The van der Waals surface area contributed by atoms with Crippen LogP contribution in [0.5, 0.6) is 0 Å². The molecule has 7 heteroatoms. The number of furan rings is 1. The number of rotatable bonds is 6. The van der Waals surface area contributed by atoms with E-state index in [4.69, 9.17) is 4.42 Å². The third kappa shape index (κ3) is 3.80. The van der Waals surface area contributed by atoms with E-state index >= 15 is 0 Å². The van der Waals surface area contributed by atoms with Crippen LogP contribution >= 0.6 is 11.3 Å². The van der Waals surface area contributed by atoms with Gasteiger partial charge in [0, 0.05) is 19.5 Å². The third-order valence-corrected chi connectivity index (χ3v) is 4.61. The first-order chi connectivity index (χ1) is 11.1. The van der Waals surface area contributed by atoms with Gasteiger partial charge in [-0.3, -0.25) is 9.59 Å². The number of carbonyl (C=O) groups excluding carboxylic acids is 2. The molecule has 2 amide bonds. The molecule has 1 fully saturated rings. The zero-order chi connectivity index (χ0) is 16.2. The molecule has 3 rings (SSSR count). The van der Waals surface area contributed by atoms with Crippen molar-refractivity contribution >= 4 is 23.2 Å². The summed E-state index contributed by atoms with van der Waals surface area (Å²) in [5.41, 5.74) is 0.789. The Morgan fingerprint density at radius 2 is 2.39 bits per heavy atom. The summed E-state index contributed by atoms with van der Waals surface area (Å²) < 4.78 is 5.23. The Labute approximate surface area is 137 Å². The van der Waals surface area contributed by atoms with Crippen LogP contribution in [0.25, 0.3) is 0 Å². The largest absolute Gasteiger partial charge is 0.467 e. The van der Waals surface area contributed by atoms with E-state index in [1.807, 2.05) is 16.8 Å². The minimum atomic E-state index is -0.721. The van der Waals surface area contributed by atoms with Gasteiger partial charge in [-0.1, -0.05) is 0 Å². The molecule has 0 aromatic carbocycles.